The van der Waals surface area contributed by atoms with E-state index in [9.17, 15) is 9.90 Å². The van der Waals surface area contributed by atoms with Crippen molar-refractivity contribution in [1.82, 2.24) is 5.32 Å². The van der Waals surface area contributed by atoms with Crippen LogP contribution in [-0.4, -0.2) is 29.1 Å². The zero-order valence-corrected chi connectivity index (χ0v) is 13.5. The maximum absolute atomic E-state index is 11.2. The van der Waals surface area contributed by atoms with Crippen molar-refractivity contribution < 1.29 is 9.90 Å². The number of benzene rings is 1. The maximum atomic E-state index is 11.2. The van der Waals surface area contributed by atoms with Crippen molar-refractivity contribution in [3.63, 3.8) is 0 Å². The molecule has 3 nitrogen and oxygen atoms in total. The average Bonchev–Trinajstić information content (AvgIpc) is 2.97. The topological polar surface area (TPSA) is 49.3 Å². The monoisotopic (exact) mass is 321 g/mol. The fraction of sp³-hybridized carbons (Fsp3) is 0.312. The molecule has 1 heterocycles. The lowest BCUT2D eigenvalue weighted by Gasteiger charge is -2.12. The summed E-state index contributed by atoms with van der Waals surface area (Å²) in [5.74, 6) is 0.0767. The fourth-order valence-corrected chi connectivity index (χ4v) is 3.44. The number of carboxylic acid groups (broad SMARTS) is 1. The number of carboxylic acids is 1. The number of hydrogen-bond donors (Lipinski definition) is 2. The Bertz CT molecular complexity index is 569. The van der Waals surface area contributed by atoms with Crippen molar-refractivity contribution in [1.29, 1.82) is 0 Å². The van der Waals surface area contributed by atoms with Gasteiger partial charge in [-0.1, -0.05) is 30.3 Å². The number of aliphatic carboxylic acids is 1. The van der Waals surface area contributed by atoms with Crippen molar-refractivity contribution in [3.05, 3.63) is 47.3 Å². The van der Waals surface area contributed by atoms with Crippen LogP contribution in [0.3, 0.4) is 0 Å². The van der Waals surface area contributed by atoms with Crippen LogP contribution in [-0.2, 0) is 11.3 Å². The number of thiophene rings is 1. The highest BCUT2D eigenvalue weighted by Crippen LogP contribution is 2.27. The van der Waals surface area contributed by atoms with Gasteiger partial charge in [0.2, 0.25) is 0 Å². The van der Waals surface area contributed by atoms with Gasteiger partial charge >= 0.3 is 5.97 Å². The summed E-state index contributed by atoms with van der Waals surface area (Å²) >= 11 is 3.37. The van der Waals surface area contributed by atoms with E-state index in [0.717, 1.165) is 10.6 Å². The highest BCUT2D eigenvalue weighted by Gasteiger charge is 2.16. The van der Waals surface area contributed by atoms with Gasteiger partial charge in [-0.15, -0.1) is 11.3 Å². The van der Waals surface area contributed by atoms with Crippen molar-refractivity contribution in [2.45, 2.75) is 19.0 Å². The van der Waals surface area contributed by atoms with Gasteiger partial charge in [0.15, 0.2) is 0 Å². The third kappa shape index (κ3) is 4.88. The van der Waals surface area contributed by atoms with Gasteiger partial charge in [0.05, 0.1) is 0 Å². The van der Waals surface area contributed by atoms with Gasteiger partial charge in [-0.25, -0.2) is 0 Å². The molecule has 21 heavy (non-hydrogen) atoms. The smallest absolute Gasteiger partial charge is 0.320 e. The van der Waals surface area contributed by atoms with Gasteiger partial charge < -0.3 is 5.11 Å². The molecule has 1 unspecified atom stereocenters. The van der Waals surface area contributed by atoms with E-state index in [-0.39, 0.29) is 0 Å². The zero-order chi connectivity index (χ0) is 15.1. The minimum atomic E-state index is -0.774. The summed E-state index contributed by atoms with van der Waals surface area (Å²) in [5.41, 5.74) is 1.20. The highest BCUT2D eigenvalue weighted by molar-refractivity contribution is 7.98. The Labute approximate surface area is 133 Å². The normalized spacial score (nSPS) is 12.2. The lowest BCUT2D eigenvalue weighted by molar-refractivity contribution is -0.139. The lowest BCUT2D eigenvalue weighted by atomic mass is 10.2. The van der Waals surface area contributed by atoms with Crippen LogP contribution >= 0.6 is 23.1 Å². The van der Waals surface area contributed by atoms with Crippen LogP contribution in [0, 0.1) is 0 Å². The van der Waals surface area contributed by atoms with E-state index >= 15 is 0 Å². The number of nitrogens with one attached hydrogen (secondary N) is 1. The van der Waals surface area contributed by atoms with Gasteiger partial charge in [0.1, 0.15) is 6.04 Å². The number of rotatable bonds is 8. The molecule has 0 fully saturated rings. The summed E-state index contributed by atoms with van der Waals surface area (Å²) in [7, 11) is 0. The van der Waals surface area contributed by atoms with E-state index in [0.29, 0.717) is 13.0 Å². The molecule has 0 aliphatic heterocycles. The fourth-order valence-electron chi connectivity index (χ4n) is 2.00. The van der Waals surface area contributed by atoms with Gasteiger partial charge in [0, 0.05) is 16.3 Å². The molecule has 2 aromatic rings. The van der Waals surface area contributed by atoms with E-state index < -0.39 is 12.0 Å². The number of hydrogen-bond acceptors (Lipinski definition) is 4. The molecule has 0 amide bonds. The van der Waals surface area contributed by atoms with Crippen LogP contribution in [0.25, 0.3) is 10.4 Å². The van der Waals surface area contributed by atoms with E-state index in [1.54, 1.807) is 23.1 Å². The van der Waals surface area contributed by atoms with Gasteiger partial charge in [0.25, 0.3) is 0 Å². The summed E-state index contributed by atoms with van der Waals surface area (Å²) in [6.45, 7) is 0.600. The van der Waals surface area contributed by atoms with E-state index in [1.807, 2.05) is 24.5 Å². The minimum absolute atomic E-state index is 0.472. The van der Waals surface area contributed by atoms with Gasteiger partial charge in [-0.2, -0.15) is 11.8 Å². The molecular formula is C16H19NO2S2. The molecule has 0 bridgehead atoms. The molecule has 0 radical (unpaired) electrons. The summed E-state index contributed by atoms with van der Waals surface area (Å²) in [5, 5.41) is 12.3. The highest BCUT2D eigenvalue weighted by atomic mass is 32.2. The second kappa shape index (κ2) is 8.22. The summed E-state index contributed by atoms with van der Waals surface area (Å²) in [4.78, 5) is 13.6. The van der Waals surface area contributed by atoms with Crippen LogP contribution in [0.4, 0.5) is 0 Å². The first-order valence-electron chi connectivity index (χ1n) is 6.80. The standard InChI is InChI=1S/C16H19NO2S2/c1-20-10-9-14(16(18)19)17-11-13-7-8-15(21-13)12-5-3-2-4-6-12/h2-8,14,17H,9-11H2,1H3,(H,18,19). The average molecular weight is 321 g/mol. The number of thioether (sulfide) groups is 1. The first kappa shape index (κ1) is 16.1. The van der Waals surface area contributed by atoms with Crippen molar-refractivity contribution in [2.24, 2.45) is 0 Å². The molecule has 2 N–H and O–H groups in total. The molecular weight excluding hydrogens is 302 g/mol. The molecule has 112 valence electrons. The molecule has 5 heteroatoms. The summed E-state index contributed by atoms with van der Waals surface area (Å²) in [6.07, 6.45) is 2.64. The van der Waals surface area contributed by atoms with Crippen molar-refractivity contribution in [2.75, 3.05) is 12.0 Å². The Kier molecular flexibility index (Phi) is 6.29. The van der Waals surface area contributed by atoms with Crippen molar-refractivity contribution in [3.8, 4) is 10.4 Å². The van der Waals surface area contributed by atoms with Crippen LogP contribution < -0.4 is 5.32 Å². The summed E-state index contributed by atoms with van der Waals surface area (Å²) in [6, 6.07) is 13.9. The Morgan fingerprint density at radius 2 is 2.05 bits per heavy atom. The van der Waals surface area contributed by atoms with Gasteiger partial charge in [-0.3, -0.25) is 10.1 Å². The van der Waals surface area contributed by atoms with E-state index in [1.165, 1.54) is 10.4 Å². The predicted octanol–water partition coefficient (Wildman–Crippen LogP) is 3.71. The molecule has 2 rings (SSSR count). The first-order valence-corrected chi connectivity index (χ1v) is 9.01. The Hall–Kier alpha value is -1.30. The van der Waals surface area contributed by atoms with Crippen molar-refractivity contribution >= 4 is 29.1 Å². The zero-order valence-electron chi connectivity index (χ0n) is 11.9. The van der Waals surface area contributed by atoms with Crippen LogP contribution in [0.1, 0.15) is 11.3 Å². The second-order valence-corrected chi connectivity index (χ2v) is 6.84. The minimum Gasteiger partial charge on any atom is -0.480 e. The lowest BCUT2D eigenvalue weighted by Crippen LogP contribution is -2.36. The quantitative estimate of drug-likeness (QED) is 0.778. The molecule has 0 aliphatic carbocycles. The third-order valence-electron chi connectivity index (χ3n) is 3.15. The Morgan fingerprint density at radius 1 is 1.29 bits per heavy atom. The van der Waals surface area contributed by atoms with E-state index in [2.05, 4.69) is 29.6 Å². The molecule has 1 aromatic carbocycles. The SMILES string of the molecule is CSCCC(NCc1ccc(-c2ccccc2)s1)C(=O)O. The molecule has 0 spiro atoms. The van der Waals surface area contributed by atoms with E-state index in [4.69, 9.17) is 0 Å². The third-order valence-corrected chi connectivity index (χ3v) is 4.93. The van der Waals surface area contributed by atoms with Crippen LogP contribution in [0.5, 0.6) is 0 Å². The number of carbonyl (C=O) groups is 1. The Balaban J connectivity index is 1.94. The summed E-state index contributed by atoms with van der Waals surface area (Å²) < 4.78 is 0. The second-order valence-electron chi connectivity index (χ2n) is 4.69. The molecule has 0 saturated carbocycles. The first-order chi connectivity index (χ1) is 10.2. The molecule has 0 saturated heterocycles. The van der Waals surface area contributed by atoms with Gasteiger partial charge in [-0.05, 0) is 36.1 Å². The largest absolute Gasteiger partial charge is 0.480 e. The molecule has 0 aliphatic rings. The van der Waals surface area contributed by atoms with Crippen LogP contribution in [0.2, 0.25) is 0 Å². The predicted molar refractivity (Wildman–Crippen MR) is 91.0 cm³/mol. The Morgan fingerprint density at radius 3 is 2.71 bits per heavy atom. The molecule has 1 atom stereocenters. The maximum Gasteiger partial charge on any atom is 0.320 e. The molecule has 1 aromatic heterocycles. The van der Waals surface area contributed by atoms with Crippen LogP contribution in [0.15, 0.2) is 42.5 Å².